The molecule has 0 aromatic carbocycles. The second-order valence-electron chi connectivity index (χ2n) is 1.56. The molecule has 0 aliphatic carbocycles. The zero-order valence-corrected chi connectivity index (χ0v) is 7.77. The molecule has 0 spiro atoms. The number of carbonyl (C=O) groups is 3. The van der Waals surface area contributed by atoms with Crippen LogP contribution in [-0.2, 0) is 14.4 Å². The Morgan fingerprint density at radius 1 is 0.692 bits per heavy atom. The van der Waals surface area contributed by atoms with E-state index in [1.54, 1.807) is 0 Å². The maximum Gasteiger partial charge on any atom is 0.300 e. The van der Waals surface area contributed by atoms with E-state index >= 15 is 0 Å². The van der Waals surface area contributed by atoms with E-state index in [4.69, 9.17) is 29.7 Å². The van der Waals surface area contributed by atoms with Crippen molar-refractivity contribution in [1.29, 1.82) is 0 Å². The van der Waals surface area contributed by atoms with Crippen LogP contribution in [0.2, 0.25) is 0 Å². The minimum atomic E-state index is -0.833. The first kappa shape index (κ1) is 22.5. The molecule has 0 heterocycles. The topological polar surface area (TPSA) is 147 Å². The fourth-order valence-electron chi connectivity index (χ4n) is 0. The Kier molecular flexibility index (Phi) is 29.0. The first-order valence-electron chi connectivity index (χ1n) is 2.78. The monoisotopic (exact) mass is 197 g/mol. The van der Waals surface area contributed by atoms with E-state index in [1.165, 1.54) is 0 Å². The normalized spacial score (nSPS) is 5.77. The highest BCUT2D eigenvalue weighted by atomic mass is 16.4. The number of aliphatic carboxylic acids is 3. The predicted molar refractivity (Wildman–Crippen MR) is 45.0 cm³/mol. The Morgan fingerprint density at radius 3 is 0.692 bits per heavy atom. The molecule has 0 bridgehead atoms. The summed E-state index contributed by atoms with van der Waals surface area (Å²) in [6, 6.07) is 0. The first-order valence-corrected chi connectivity index (χ1v) is 2.78. The van der Waals surface area contributed by atoms with Crippen LogP contribution in [-0.4, -0.2) is 33.2 Å². The molecule has 0 aliphatic rings. The maximum absolute atomic E-state index is 9.00. The molecule has 0 fully saturated rings. The van der Waals surface area contributed by atoms with Crippen molar-refractivity contribution >= 4 is 17.9 Å². The van der Waals surface area contributed by atoms with Crippen LogP contribution in [0, 0.1) is 0 Å². The lowest BCUT2D eigenvalue weighted by Gasteiger charge is -1.59. The summed E-state index contributed by atoms with van der Waals surface area (Å²) in [6.45, 7) is 3.25. The van der Waals surface area contributed by atoms with Crippen molar-refractivity contribution in [2.75, 3.05) is 0 Å². The molecule has 7 heteroatoms. The Balaban J connectivity index is -0.0000000450. The zero-order chi connectivity index (χ0) is 10.7. The second-order valence-corrected chi connectivity index (χ2v) is 1.56. The molecule has 0 aromatic heterocycles. The van der Waals surface area contributed by atoms with Crippen LogP contribution in [0.1, 0.15) is 20.8 Å². The minimum absolute atomic E-state index is 0. The molecule has 80 valence electrons. The van der Waals surface area contributed by atoms with Crippen LogP contribution in [0.15, 0.2) is 0 Å². The van der Waals surface area contributed by atoms with Crippen LogP contribution < -0.4 is 6.15 Å². The van der Waals surface area contributed by atoms with Crippen molar-refractivity contribution in [1.82, 2.24) is 6.15 Å². The number of hydrogen-bond acceptors (Lipinski definition) is 4. The van der Waals surface area contributed by atoms with E-state index in [0.29, 0.717) is 0 Å². The van der Waals surface area contributed by atoms with Gasteiger partial charge in [0.05, 0.1) is 0 Å². The van der Waals surface area contributed by atoms with E-state index in [9.17, 15) is 0 Å². The van der Waals surface area contributed by atoms with E-state index in [-0.39, 0.29) is 6.15 Å². The third-order valence-electron chi connectivity index (χ3n) is 0. The average molecular weight is 197 g/mol. The lowest BCUT2D eigenvalue weighted by atomic mass is 10.9. The van der Waals surface area contributed by atoms with E-state index in [2.05, 4.69) is 0 Å². The summed E-state index contributed by atoms with van der Waals surface area (Å²) in [7, 11) is 0. The molecule has 7 nitrogen and oxygen atoms in total. The molecule has 0 aliphatic heterocycles. The number of rotatable bonds is 0. The largest absolute Gasteiger partial charge is 0.481 e. The summed E-state index contributed by atoms with van der Waals surface area (Å²) in [6.07, 6.45) is 0. The summed E-state index contributed by atoms with van der Waals surface area (Å²) in [5.74, 6) is -2.50. The number of carboxylic acid groups (broad SMARTS) is 3. The van der Waals surface area contributed by atoms with Crippen molar-refractivity contribution in [3.63, 3.8) is 0 Å². The Labute approximate surface area is 75.6 Å². The average Bonchev–Trinajstić information content (AvgIpc) is 1.54. The highest BCUT2D eigenvalue weighted by Crippen LogP contribution is 1.42. The predicted octanol–water partition coefficient (Wildman–Crippen LogP) is 0.435. The standard InChI is InChI=1S/3C2H4O2.H3N/c3*1-2(3)4;/h3*1H3,(H,3,4);1H3. The van der Waals surface area contributed by atoms with Gasteiger partial charge in [0, 0.05) is 20.8 Å². The van der Waals surface area contributed by atoms with Gasteiger partial charge in [0.1, 0.15) is 0 Å². The smallest absolute Gasteiger partial charge is 0.300 e. The second kappa shape index (κ2) is 16.8. The molecule has 0 unspecified atom stereocenters. The van der Waals surface area contributed by atoms with Crippen molar-refractivity contribution in [2.45, 2.75) is 20.8 Å². The van der Waals surface area contributed by atoms with Crippen LogP contribution in [0.5, 0.6) is 0 Å². The molecule has 13 heavy (non-hydrogen) atoms. The van der Waals surface area contributed by atoms with Crippen molar-refractivity contribution < 1.29 is 29.7 Å². The van der Waals surface area contributed by atoms with Gasteiger partial charge in [-0.25, -0.2) is 0 Å². The summed E-state index contributed by atoms with van der Waals surface area (Å²) in [4.78, 5) is 27.0. The SMILES string of the molecule is CC(=O)O.CC(=O)O.CC(=O)O.N. The molecule has 0 aromatic rings. The van der Waals surface area contributed by atoms with Gasteiger partial charge in [-0.3, -0.25) is 14.4 Å². The Hall–Kier alpha value is -1.63. The minimum Gasteiger partial charge on any atom is -0.481 e. The summed E-state index contributed by atoms with van der Waals surface area (Å²) >= 11 is 0. The summed E-state index contributed by atoms with van der Waals surface area (Å²) in [5.41, 5.74) is 0. The Morgan fingerprint density at radius 2 is 0.692 bits per heavy atom. The maximum atomic E-state index is 9.00. The summed E-state index contributed by atoms with van der Waals surface area (Å²) in [5, 5.41) is 22.2. The molecule has 0 atom stereocenters. The van der Waals surface area contributed by atoms with E-state index in [1.807, 2.05) is 0 Å². The van der Waals surface area contributed by atoms with Crippen molar-refractivity contribution in [3.05, 3.63) is 0 Å². The molecule has 6 N–H and O–H groups in total. The quantitative estimate of drug-likeness (QED) is 0.440. The third-order valence-corrected chi connectivity index (χ3v) is 0. The lowest BCUT2D eigenvalue weighted by molar-refractivity contribution is -0.135. The molecule has 0 rings (SSSR count). The zero-order valence-electron chi connectivity index (χ0n) is 7.77. The van der Waals surface area contributed by atoms with Gasteiger partial charge in [-0.05, 0) is 0 Å². The van der Waals surface area contributed by atoms with Gasteiger partial charge in [0.25, 0.3) is 17.9 Å². The summed E-state index contributed by atoms with van der Waals surface area (Å²) < 4.78 is 0. The van der Waals surface area contributed by atoms with Crippen LogP contribution >= 0.6 is 0 Å². The first-order chi connectivity index (χ1) is 5.20. The number of hydrogen-bond donors (Lipinski definition) is 4. The Bertz CT molecular complexity index is 115. The van der Waals surface area contributed by atoms with Gasteiger partial charge in [-0.15, -0.1) is 0 Å². The van der Waals surface area contributed by atoms with Gasteiger partial charge in [-0.2, -0.15) is 0 Å². The van der Waals surface area contributed by atoms with Gasteiger partial charge in [0.15, 0.2) is 0 Å². The van der Waals surface area contributed by atoms with Crippen LogP contribution in [0.25, 0.3) is 0 Å². The van der Waals surface area contributed by atoms with Crippen LogP contribution in [0.3, 0.4) is 0 Å². The molecular formula is C6H15NO6. The highest BCUT2D eigenvalue weighted by molar-refractivity contribution is 5.63. The molecule has 0 saturated carbocycles. The molecule has 0 saturated heterocycles. The molecular weight excluding hydrogens is 182 g/mol. The third kappa shape index (κ3) is 273. The fraction of sp³-hybridized carbons (Fsp3) is 0.500. The molecule has 0 radical (unpaired) electrons. The van der Waals surface area contributed by atoms with Crippen molar-refractivity contribution in [2.24, 2.45) is 0 Å². The molecule has 0 amide bonds. The highest BCUT2D eigenvalue weighted by Gasteiger charge is 1.66. The van der Waals surface area contributed by atoms with Gasteiger partial charge in [0.2, 0.25) is 0 Å². The van der Waals surface area contributed by atoms with Gasteiger partial charge in [-0.1, -0.05) is 0 Å². The lowest BCUT2D eigenvalue weighted by Crippen LogP contribution is -1.78. The van der Waals surface area contributed by atoms with Crippen LogP contribution in [0.4, 0.5) is 0 Å². The van der Waals surface area contributed by atoms with Gasteiger partial charge >= 0.3 is 0 Å². The number of carboxylic acids is 3. The fourth-order valence-corrected chi connectivity index (χ4v) is 0. The van der Waals surface area contributed by atoms with Gasteiger partial charge < -0.3 is 21.5 Å². The van der Waals surface area contributed by atoms with E-state index < -0.39 is 17.9 Å². The van der Waals surface area contributed by atoms with E-state index in [0.717, 1.165) is 20.8 Å². The van der Waals surface area contributed by atoms with Crippen molar-refractivity contribution in [3.8, 4) is 0 Å².